The number of piperidine rings is 1. The molecule has 3 rings (SSSR count). The van der Waals surface area contributed by atoms with Crippen molar-refractivity contribution in [1.82, 2.24) is 4.90 Å². The molecule has 2 fully saturated rings. The molecule has 0 bridgehead atoms. The molecular weight excluding hydrogens is 270 g/mol. The number of nitrogens with zero attached hydrogens (tertiary/aromatic N) is 1. The van der Waals surface area contributed by atoms with Crippen LogP contribution in [0.5, 0.6) is 0 Å². The van der Waals surface area contributed by atoms with Crippen molar-refractivity contribution in [2.45, 2.75) is 44.6 Å². The standard InChI is InChI=1S/C17H22ClNO/c18-15-9-7-13(8-10-15)17(20)14-4-3-11-19(12-14)16-5-1-2-6-16/h7-10,14,16H,1-6,11-12H2/t14-/m1/s1. The van der Waals surface area contributed by atoms with Crippen LogP contribution in [0.4, 0.5) is 0 Å². The Morgan fingerprint density at radius 3 is 2.45 bits per heavy atom. The summed E-state index contributed by atoms with van der Waals surface area (Å²) in [7, 11) is 0. The Bertz CT molecular complexity index is 464. The number of carbonyl (C=O) groups excluding carboxylic acids is 1. The minimum atomic E-state index is 0.172. The van der Waals surface area contributed by atoms with E-state index < -0.39 is 0 Å². The lowest BCUT2D eigenvalue weighted by atomic mass is 9.89. The lowest BCUT2D eigenvalue weighted by Crippen LogP contribution is -2.43. The van der Waals surface area contributed by atoms with E-state index in [0.717, 1.165) is 31.0 Å². The molecule has 1 atom stereocenters. The van der Waals surface area contributed by atoms with Crippen LogP contribution in [-0.2, 0) is 0 Å². The molecule has 0 N–H and O–H groups in total. The van der Waals surface area contributed by atoms with Gasteiger partial charge in [-0.25, -0.2) is 0 Å². The molecule has 1 aromatic rings. The van der Waals surface area contributed by atoms with Crippen LogP contribution < -0.4 is 0 Å². The van der Waals surface area contributed by atoms with Crippen LogP contribution in [0.15, 0.2) is 24.3 Å². The molecular formula is C17H22ClNO. The van der Waals surface area contributed by atoms with Crippen molar-refractivity contribution >= 4 is 17.4 Å². The quantitative estimate of drug-likeness (QED) is 0.779. The summed E-state index contributed by atoms with van der Waals surface area (Å²) in [5.74, 6) is 0.467. The van der Waals surface area contributed by atoms with Gasteiger partial charge in [0.05, 0.1) is 0 Å². The first-order chi connectivity index (χ1) is 9.74. The molecule has 1 aromatic carbocycles. The van der Waals surface area contributed by atoms with E-state index in [1.54, 1.807) is 0 Å². The Morgan fingerprint density at radius 2 is 1.75 bits per heavy atom. The average Bonchev–Trinajstić information content (AvgIpc) is 3.02. The summed E-state index contributed by atoms with van der Waals surface area (Å²) < 4.78 is 0. The van der Waals surface area contributed by atoms with Crippen molar-refractivity contribution in [3.8, 4) is 0 Å². The average molecular weight is 292 g/mol. The highest BCUT2D eigenvalue weighted by atomic mass is 35.5. The normalized spacial score (nSPS) is 24.9. The molecule has 1 aliphatic heterocycles. The molecule has 1 saturated carbocycles. The Morgan fingerprint density at radius 1 is 1.05 bits per heavy atom. The number of ketones is 1. The minimum absolute atomic E-state index is 0.172. The molecule has 1 aliphatic carbocycles. The molecule has 3 heteroatoms. The molecule has 0 amide bonds. The van der Waals surface area contributed by atoms with Crippen molar-refractivity contribution in [2.75, 3.05) is 13.1 Å². The fourth-order valence-electron chi connectivity index (χ4n) is 3.67. The van der Waals surface area contributed by atoms with Gasteiger partial charge in [-0.05, 0) is 56.5 Å². The Hall–Kier alpha value is -0.860. The van der Waals surface area contributed by atoms with Crippen LogP contribution in [0.25, 0.3) is 0 Å². The fourth-order valence-corrected chi connectivity index (χ4v) is 3.80. The largest absolute Gasteiger partial charge is 0.300 e. The highest BCUT2D eigenvalue weighted by Crippen LogP contribution is 2.29. The number of Topliss-reactive ketones (excluding diaryl/α,β-unsaturated/α-hetero) is 1. The van der Waals surface area contributed by atoms with Crippen LogP contribution in [0, 0.1) is 5.92 Å². The first kappa shape index (κ1) is 14.1. The van der Waals surface area contributed by atoms with E-state index >= 15 is 0 Å². The summed E-state index contributed by atoms with van der Waals surface area (Å²) in [4.78, 5) is 15.2. The monoisotopic (exact) mass is 291 g/mol. The van der Waals surface area contributed by atoms with Gasteiger partial charge in [0, 0.05) is 29.1 Å². The Labute approximate surface area is 126 Å². The molecule has 0 aromatic heterocycles. The Balaban J connectivity index is 1.66. The number of rotatable bonds is 3. The zero-order chi connectivity index (χ0) is 13.9. The predicted octanol–water partition coefficient (Wildman–Crippen LogP) is 4.18. The molecule has 1 saturated heterocycles. The first-order valence-corrected chi connectivity index (χ1v) is 8.15. The predicted molar refractivity (Wildman–Crippen MR) is 82.3 cm³/mol. The number of halogens is 1. The van der Waals surface area contributed by atoms with E-state index in [9.17, 15) is 4.79 Å². The maximum atomic E-state index is 12.6. The van der Waals surface area contributed by atoms with E-state index in [1.807, 2.05) is 24.3 Å². The number of benzene rings is 1. The second-order valence-electron chi connectivity index (χ2n) is 6.14. The van der Waals surface area contributed by atoms with Gasteiger partial charge in [-0.3, -0.25) is 9.69 Å². The summed E-state index contributed by atoms with van der Waals surface area (Å²) in [5.41, 5.74) is 0.813. The molecule has 0 unspecified atom stereocenters. The molecule has 20 heavy (non-hydrogen) atoms. The number of hydrogen-bond acceptors (Lipinski definition) is 2. The maximum Gasteiger partial charge on any atom is 0.167 e. The van der Waals surface area contributed by atoms with Crippen molar-refractivity contribution in [2.24, 2.45) is 5.92 Å². The fraction of sp³-hybridized carbons (Fsp3) is 0.588. The lowest BCUT2D eigenvalue weighted by Gasteiger charge is -2.36. The summed E-state index contributed by atoms with van der Waals surface area (Å²) in [6, 6.07) is 8.08. The van der Waals surface area contributed by atoms with Crippen LogP contribution in [0.3, 0.4) is 0 Å². The van der Waals surface area contributed by atoms with E-state index in [4.69, 9.17) is 11.6 Å². The van der Waals surface area contributed by atoms with Gasteiger partial charge < -0.3 is 0 Å². The van der Waals surface area contributed by atoms with Crippen LogP contribution in [0.2, 0.25) is 5.02 Å². The summed E-state index contributed by atoms with van der Waals surface area (Å²) in [6.07, 6.45) is 7.54. The van der Waals surface area contributed by atoms with Crippen molar-refractivity contribution in [3.05, 3.63) is 34.9 Å². The molecule has 0 radical (unpaired) electrons. The smallest absolute Gasteiger partial charge is 0.167 e. The molecule has 1 heterocycles. The molecule has 2 nitrogen and oxygen atoms in total. The van der Waals surface area contributed by atoms with E-state index in [2.05, 4.69) is 4.90 Å². The van der Waals surface area contributed by atoms with Crippen LogP contribution >= 0.6 is 11.6 Å². The zero-order valence-electron chi connectivity index (χ0n) is 11.9. The van der Waals surface area contributed by atoms with Gasteiger partial charge in [-0.2, -0.15) is 0 Å². The summed E-state index contributed by atoms with van der Waals surface area (Å²) in [5, 5.41) is 0.692. The van der Waals surface area contributed by atoms with Gasteiger partial charge in [0.1, 0.15) is 0 Å². The van der Waals surface area contributed by atoms with Crippen molar-refractivity contribution in [3.63, 3.8) is 0 Å². The molecule has 108 valence electrons. The minimum Gasteiger partial charge on any atom is -0.300 e. The lowest BCUT2D eigenvalue weighted by molar-refractivity contribution is 0.0757. The number of hydrogen-bond donors (Lipinski definition) is 0. The topological polar surface area (TPSA) is 20.3 Å². The van der Waals surface area contributed by atoms with Gasteiger partial charge >= 0.3 is 0 Å². The second kappa shape index (κ2) is 6.28. The molecule has 2 aliphatic rings. The summed E-state index contributed by atoms with van der Waals surface area (Å²) >= 11 is 5.89. The third kappa shape index (κ3) is 3.07. The van der Waals surface area contributed by atoms with Gasteiger partial charge in [0.2, 0.25) is 0 Å². The third-order valence-electron chi connectivity index (χ3n) is 4.79. The van der Waals surface area contributed by atoms with Crippen molar-refractivity contribution < 1.29 is 4.79 Å². The second-order valence-corrected chi connectivity index (χ2v) is 6.58. The van der Waals surface area contributed by atoms with E-state index in [1.165, 1.54) is 32.2 Å². The summed E-state index contributed by atoms with van der Waals surface area (Å²) in [6.45, 7) is 2.13. The van der Waals surface area contributed by atoms with Gasteiger partial charge in [0.25, 0.3) is 0 Å². The van der Waals surface area contributed by atoms with Crippen LogP contribution in [0.1, 0.15) is 48.9 Å². The van der Waals surface area contributed by atoms with Gasteiger partial charge in [-0.1, -0.05) is 24.4 Å². The third-order valence-corrected chi connectivity index (χ3v) is 5.05. The van der Waals surface area contributed by atoms with Gasteiger partial charge in [0.15, 0.2) is 5.78 Å². The van der Waals surface area contributed by atoms with Crippen molar-refractivity contribution in [1.29, 1.82) is 0 Å². The van der Waals surface area contributed by atoms with E-state index in [0.29, 0.717) is 10.8 Å². The highest BCUT2D eigenvalue weighted by Gasteiger charge is 2.31. The number of likely N-dealkylation sites (tertiary alicyclic amines) is 1. The van der Waals surface area contributed by atoms with Crippen LogP contribution in [-0.4, -0.2) is 29.8 Å². The zero-order valence-corrected chi connectivity index (χ0v) is 12.6. The molecule has 0 spiro atoms. The first-order valence-electron chi connectivity index (χ1n) is 7.78. The SMILES string of the molecule is O=C(c1ccc(Cl)cc1)[C@@H]1CCCN(C2CCCC2)C1. The number of carbonyl (C=O) groups is 1. The maximum absolute atomic E-state index is 12.6. The van der Waals surface area contributed by atoms with E-state index in [-0.39, 0.29) is 5.92 Å². The highest BCUT2D eigenvalue weighted by molar-refractivity contribution is 6.30. The Kier molecular flexibility index (Phi) is 4.42. The van der Waals surface area contributed by atoms with Gasteiger partial charge in [-0.15, -0.1) is 0 Å².